The standard InChI is InChI=1S/C16H22O2/c1-3-9-14-10-5-6-11-15(14)12-7-8-13-16(17)18-4-2/h6-8,11-13H,3-5,9-10H2,1-2H3/b12-7+,13-8+. The summed E-state index contributed by atoms with van der Waals surface area (Å²) >= 11 is 0. The van der Waals surface area contributed by atoms with Crippen LogP contribution in [0.15, 0.2) is 47.6 Å². The van der Waals surface area contributed by atoms with E-state index in [1.165, 1.54) is 23.6 Å². The third-order valence-electron chi connectivity index (χ3n) is 2.78. The molecule has 0 atom stereocenters. The average Bonchev–Trinajstić information content (AvgIpc) is 2.37. The minimum absolute atomic E-state index is 0.288. The summed E-state index contributed by atoms with van der Waals surface area (Å²) in [5.74, 6) is -0.288. The first-order chi connectivity index (χ1) is 8.77. The lowest BCUT2D eigenvalue weighted by Gasteiger charge is -2.12. The zero-order valence-electron chi connectivity index (χ0n) is 11.3. The molecule has 2 heteroatoms. The minimum atomic E-state index is -0.288. The second-order valence-electron chi connectivity index (χ2n) is 4.22. The molecule has 1 rings (SSSR count). The smallest absolute Gasteiger partial charge is 0.330 e. The van der Waals surface area contributed by atoms with Crippen molar-refractivity contribution in [2.75, 3.05) is 6.61 Å². The van der Waals surface area contributed by atoms with Crippen molar-refractivity contribution in [1.29, 1.82) is 0 Å². The van der Waals surface area contributed by atoms with Crippen LogP contribution in [0.3, 0.4) is 0 Å². The Kier molecular flexibility index (Phi) is 6.85. The summed E-state index contributed by atoms with van der Waals surface area (Å²) in [6, 6.07) is 0. The molecule has 0 aromatic heterocycles. The Labute approximate surface area is 110 Å². The van der Waals surface area contributed by atoms with Gasteiger partial charge < -0.3 is 4.74 Å². The number of ether oxygens (including phenoxy) is 1. The SMILES string of the molecule is CCCC1=C(/C=C/C=C/C(=O)OCC)C=CCC1. The molecule has 0 saturated carbocycles. The first-order valence-corrected chi connectivity index (χ1v) is 6.68. The summed E-state index contributed by atoms with van der Waals surface area (Å²) < 4.78 is 4.81. The van der Waals surface area contributed by atoms with Gasteiger partial charge in [0.15, 0.2) is 0 Å². The molecule has 1 aliphatic rings. The van der Waals surface area contributed by atoms with Gasteiger partial charge in [0, 0.05) is 6.08 Å². The maximum atomic E-state index is 11.1. The van der Waals surface area contributed by atoms with Crippen molar-refractivity contribution in [3.63, 3.8) is 0 Å². The van der Waals surface area contributed by atoms with Gasteiger partial charge >= 0.3 is 5.97 Å². The van der Waals surface area contributed by atoms with E-state index in [1.807, 2.05) is 6.08 Å². The van der Waals surface area contributed by atoms with Crippen molar-refractivity contribution in [3.8, 4) is 0 Å². The molecule has 0 heterocycles. The Balaban J connectivity index is 2.58. The van der Waals surface area contributed by atoms with Crippen molar-refractivity contribution in [2.45, 2.75) is 39.5 Å². The van der Waals surface area contributed by atoms with Crippen molar-refractivity contribution in [1.82, 2.24) is 0 Å². The van der Waals surface area contributed by atoms with Gasteiger partial charge in [0.25, 0.3) is 0 Å². The molecule has 2 nitrogen and oxygen atoms in total. The zero-order chi connectivity index (χ0) is 13.2. The molecule has 0 amide bonds. The number of hydrogen-bond donors (Lipinski definition) is 0. The van der Waals surface area contributed by atoms with Crippen LogP contribution in [0.5, 0.6) is 0 Å². The van der Waals surface area contributed by atoms with Crippen LogP contribution in [0, 0.1) is 0 Å². The number of carbonyl (C=O) groups excluding carboxylic acids is 1. The Morgan fingerprint density at radius 2 is 2.22 bits per heavy atom. The summed E-state index contributed by atoms with van der Waals surface area (Å²) in [5, 5.41) is 0. The fourth-order valence-electron chi connectivity index (χ4n) is 1.96. The van der Waals surface area contributed by atoms with E-state index in [4.69, 9.17) is 4.74 Å². The van der Waals surface area contributed by atoms with E-state index >= 15 is 0 Å². The largest absolute Gasteiger partial charge is 0.463 e. The number of rotatable bonds is 6. The molecular weight excluding hydrogens is 224 g/mol. The van der Waals surface area contributed by atoms with Gasteiger partial charge in [0.05, 0.1) is 6.61 Å². The number of esters is 1. The Morgan fingerprint density at radius 1 is 1.39 bits per heavy atom. The van der Waals surface area contributed by atoms with E-state index in [9.17, 15) is 4.79 Å². The highest BCUT2D eigenvalue weighted by atomic mass is 16.5. The van der Waals surface area contributed by atoms with Crippen LogP contribution in [-0.2, 0) is 9.53 Å². The molecule has 0 aromatic carbocycles. The second-order valence-corrected chi connectivity index (χ2v) is 4.22. The van der Waals surface area contributed by atoms with Gasteiger partial charge in [-0.3, -0.25) is 0 Å². The summed E-state index contributed by atoms with van der Waals surface area (Å²) in [6.45, 7) is 4.42. The molecule has 0 N–H and O–H groups in total. The third-order valence-corrected chi connectivity index (χ3v) is 2.78. The molecule has 0 bridgehead atoms. The van der Waals surface area contributed by atoms with Gasteiger partial charge in [0.1, 0.15) is 0 Å². The van der Waals surface area contributed by atoms with E-state index in [0.29, 0.717) is 6.61 Å². The van der Waals surface area contributed by atoms with Crippen LogP contribution in [0.25, 0.3) is 0 Å². The zero-order valence-corrected chi connectivity index (χ0v) is 11.3. The maximum absolute atomic E-state index is 11.1. The van der Waals surface area contributed by atoms with Crippen molar-refractivity contribution >= 4 is 5.97 Å². The molecule has 0 aromatic rings. The molecule has 0 saturated heterocycles. The molecule has 0 unspecified atom stereocenters. The molecule has 18 heavy (non-hydrogen) atoms. The molecule has 0 radical (unpaired) electrons. The first kappa shape index (κ1) is 14.5. The lowest BCUT2D eigenvalue weighted by molar-refractivity contribution is -0.137. The fraction of sp³-hybridized carbons (Fsp3) is 0.438. The fourth-order valence-corrected chi connectivity index (χ4v) is 1.96. The quantitative estimate of drug-likeness (QED) is 0.400. The van der Waals surface area contributed by atoms with E-state index in [1.54, 1.807) is 13.0 Å². The lowest BCUT2D eigenvalue weighted by atomic mass is 9.94. The van der Waals surface area contributed by atoms with Crippen molar-refractivity contribution in [2.24, 2.45) is 0 Å². The first-order valence-electron chi connectivity index (χ1n) is 6.68. The van der Waals surface area contributed by atoms with E-state index in [2.05, 4.69) is 25.2 Å². The number of allylic oxidation sites excluding steroid dienone is 7. The molecule has 0 aliphatic heterocycles. The van der Waals surface area contributed by atoms with Crippen LogP contribution in [0.4, 0.5) is 0 Å². The Bertz CT molecular complexity index is 384. The minimum Gasteiger partial charge on any atom is -0.463 e. The van der Waals surface area contributed by atoms with Gasteiger partial charge in [-0.25, -0.2) is 4.79 Å². The predicted octanol–water partition coefficient (Wildman–Crippen LogP) is 4.11. The van der Waals surface area contributed by atoms with E-state index < -0.39 is 0 Å². The van der Waals surface area contributed by atoms with Crippen LogP contribution < -0.4 is 0 Å². The molecule has 0 fully saturated rings. The van der Waals surface area contributed by atoms with Crippen LogP contribution >= 0.6 is 0 Å². The predicted molar refractivity (Wildman–Crippen MR) is 75.2 cm³/mol. The number of carbonyl (C=O) groups is 1. The molecule has 98 valence electrons. The van der Waals surface area contributed by atoms with Crippen molar-refractivity contribution in [3.05, 3.63) is 47.6 Å². The average molecular weight is 246 g/mol. The van der Waals surface area contributed by atoms with E-state index in [0.717, 1.165) is 19.3 Å². The maximum Gasteiger partial charge on any atom is 0.330 e. The van der Waals surface area contributed by atoms with Crippen LogP contribution in [0.2, 0.25) is 0 Å². The summed E-state index contributed by atoms with van der Waals surface area (Å²) in [5.41, 5.74) is 2.80. The lowest BCUT2D eigenvalue weighted by Crippen LogP contribution is -1.98. The summed E-state index contributed by atoms with van der Waals surface area (Å²) in [7, 11) is 0. The highest BCUT2D eigenvalue weighted by Crippen LogP contribution is 2.23. The van der Waals surface area contributed by atoms with Gasteiger partial charge in [-0.1, -0.05) is 49.3 Å². The molecular formula is C16H22O2. The summed E-state index contributed by atoms with van der Waals surface area (Å²) in [6.07, 6.45) is 16.2. The van der Waals surface area contributed by atoms with Gasteiger partial charge in [-0.2, -0.15) is 0 Å². The van der Waals surface area contributed by atoms with Crippen LogP contribution in [-0.4, -0.2) is 12.6 Å². The monoisotopic (exact) mass is 246 g/mol. The topological polar surface area (TPSA) is 26.3 Å². The number of hydrogen-bond acceptors (Lipinski definition) is 2. The second kappa shape index (κ2) is 8.51. The Hall–Kier alpha value is -1.57. The third kappa shape index (κ3) is 5.17. The van der Waals surface area contributed by atoms with Gasteiger partial charge in [-0.05, 0) is 31.8 Å². The van der Waals surface area contributed by atoms with E-state index in [-0.39, 0.29) is 5.97 Å². The highest BCUT2D eigenvalue weighted by Gasteiger charge is 2.04. The molecule has 1 aliphatic carbocycles. The van der Waals surface area contributed by atoms with Crippen LogP contribution in [0.1, 0.15) is 39.5 Å². The van der Waals surface area contributed by atoms with Gasteiger partial charge in [-0.15, -0.1) is 0 Å². The molecule has 0 spiro atoms. The Morgan fingerprint density at radius 3 is 2.94 bits per heavy atom. The highest BCUT2D eigenvalue weighted by molar-refractivity contribution is 5.82. The summed E-state index contributed by atoms with van der Waals surface area (Å²) in [4.78, 5) is 11.1. The van der Waals surface area contributed by atoms with Crippen molar-refractivity contribution < 1.29 is 9.53 Å². The van der Waals surface area contributed by atoms with Gasteiger partial charge in [0.2, 0.25) is 0 Å². The normalized spacial score (nSPS) is 15.9.